The first-order valence-corrected chi connectivity index (χ1v) is 6.83. The number of carboxylic acids is 1. The minimum absolute atomic E-state index is 0.156. The first-order valence-electron chi connectivity index (χ1n) is 6.45. The zero-order valence-electron chi connectivity index (χ0n) is 11.3. The van der Waals surface area contributed by atoms with Crippen LogP contribution in [0.5, 0.6) is 0 Å². The fourth-order valence-electron chi connectivity index (χ4n) is 2.51. The fourth-order valence-corrected chi connectivity index (χ4v) is 2.66. The van der Waals surface area contributed by atoms with E-state index in [2.05, 4.69) is 4.98 Å². The van der Waals surface area contributed by atoms with Crippen LogP contribution in [0.1, 0.15) is 15.9 Å². The third-order valence-corrected chi connectivity index (χ3v) is 3.74. The Labute approximate surface area is 126 Å². The van der Waals surface area contributed by atoms with Gasteiger partial charge in [-0.1, -0.05) is 48.0 Å². The molecule has 1 aromatic heterocycles. The van der Waals surface area contributed by atoms with Gasteiger partial charge in [0.1, 0.15) is 5.15 Å². The molecule has 2 aromatic carbocycles. The molecule has 1 N–H and O–H groups in total. The van der Waals surface area contributed by atoms with Crippen molar-refractivity contribution in [1.29, 1.82) is 0 Å². The third-order valence-electron chi connectivity index (χ3n) is 3.53. The number of benzene rings is 2. The molecule has 0 aliphatic rings. The topological polar surface area (TPSA) is 50.2 Å². The number of aromatic carboxylic acids is 1. The normalized spacial score (nSPS) is 10.8. The largest absolute Gasteiger partial charge is 0.478 e. The molecule has 0 saturated carbocycles. The minimum atomic E-state index is -1.01. The van der Waals surface area contributed by atoms with Gasteiger partial charge in [-0.3, -0.25) is 0 Å². The molecule has 1 heterocycles. The van der Waals surface area contributed by atoms with E-state index in [0.717, 1.165) is 21.9 Å². The lowest BCUT2D eigenvalue weighted by Crippen LogP contribution is -2.01. The standard InChI is InChI=1S/C17H12ClNO2/c1-10-6-7-13(12-5-3-2-4-11(10)12)15-9-19-16(18)8-14(15)17(20)21/h2-9H,1H3,(H,20,21). The van der Waals surface area contributed by atoms with Crippen LogP contribution in [0.15, 0.2) is 48.7 Å². The zero-order chi connectivity index (χ0) is 15.0. The molecule has 0 spiro atoms. The average molecular weight is 298 g/mol. The van der Waals surface area contributed by atoms with Crippen molar-refractivity contribution in [2.45, 2.75) is 6.92 Å². The SMILES string of the molecule is Cc1ccc(-c2cnc(Cl)cc2C(=O)O)c2ccccc12. The summed E-state index contributed by atoms with van der Waals surface area (Å²) in [4.78, 5) is 15.5. The van der Waals surface area contributed by atoms with Crippen LogP contribution in [-0.2, 0) is 0 Å². The highest BCUT2D eigenvalue weighted by molar-refractivity contribution is 6.29. The van der Waals surface area contributed by atoms with Crippen molar-refractivity contribution in [2.75, 3.05) is 0 Å². The summed E-state index contributed by atoms with van der Waals surface area (Å²) < 4.78 is 0. The summed E-state index contributed by atoms with van der Waals surface area (Å²) in [5, 5.41) is 11.7. The van der Waals surface area contributed by atoms with Crippen molar-refractivity contribution in [1.82, 2.24) is 4.98 Å². The Morgan fingerprint density at radius 1 is 1.10 bits per heavy atom. The second-order valence-electron chi connectivity index (χ2n) is 4.83. The maximum absolute atomic E-state index is 11.5. The Morgan fingerprint density at radius 3 is 2.52 bits per heavy atom. The Balaban J connectivity index is 2.36. The second kappa shape index (κ2) is 5.19. The third kappa shape index (κ3) is 2.36. The lowest BCUT2D eigenvalue weighted by Gasteiger charge is -2.11. The van der Waals surface area contributed by atoms with Crippen LogP contribution in [-0.4, -0.2) is 16.1 Å². The van der Waals surface area contributed by atoms with E-state index in [1.165, 1.54) is 12.3 Å². The van der Waals surface area contributed by atoms with Gasteiger partial charge in [-0.2, -0.15) is 0 Å². The first kappa shape index (κ1) is 13.6. The van der Waals surface area contributed by atoms with Crippen LogP contribution in [0.3, 0.4) is 0 Å². The van der Waals surface area contributed by atoms with Crippen LogP contribution in [0, 0.1) is 6.92 Å². The molecule has 4 heteroatoms. The van der Waals surface area contributed by atoms with Gasteiger partial charge in [0.2, 0.25) is 0 Å². The predicted octanol–water partition coefficient (Wildman–Crippen LogP) is 4.56. The van der Waals surface area contributed by atoms with Gasteiger partial charge < -0.3 is 5.11 Å². The van der Waals surface area contributed by atoms with Crippen LogP contribution in [0.2, 0.25) is 5.15 Å². The Bertz CT molecular complexity index is 859. The van der Waals surface area contributed by atoms with Gasteiger partial charge in [-0.05, 0) is 34.9 Å². The van der Waals surface area contributed by atoms with E-state index in [-0.39, 0.29) is 10.7 Å². The highest BCUT2D eigenvalue weighted by Crippen LogP contribution is 2.33. The van der Waals surface area contributed by atoms with Gasteiger partial charge in [0, 0.05) is 11.8 Å². The van der Waals surface area contributed by atoms with Gasteiger partial charge in [0.15, 0.2) is 0 Å². The number of carboxylic acid groups (broad SMARTS) is 1. The van der Waals surface area contributed by atoms with Crippen molar-refractivity contribution in [2.24, 2.45) is 0 Å². The molecule has 3 rings (SSSR count). The average Bonchev–Trinajstić information content (AvgIpc) is 2.48. The molecule has 0 amide bonds. The van der Waals surface area contributed by atoms with Gasteiger partial charge >= 0.3 is 5.97 Å². The van der Waals surface area contributed by atoms with Crippen molar-refractivity contribution >= 4 is 28.3 Å². The van der Waals surface area contributed by atoms with Gasteiger partial charge in [0.05, 0.1) is 5.56 Å². The molecule has 3 aromatic rings. The van der Waals surface area contributed by atoms with Crippen LogP contribution < -0.4 is 0 Å². The van der Waals surface area contributed by atoms with E-state index < -0.39 is 5.97 Å². The molecular formula is C17H12ClNO2. The van der Waals surface area contributed by atoms with Crippen molar-refractivity contribution < 1.29 is 9.90 Å². The monoisotopic (exact) mass is 297 g/mol. The molecule has 21 heavy (non-hydrogen) atoms. The van der Waals surface area contributed by atoms with Gasteiger partial charge in [-0.25, -0.2) is 9.78 Å². The molecule has 0 radical (unpaired) electrons. The fraction of sp³-hybridized carbons (Fsp3) is 0.0588. The van der Waals surface area contributed by atoms with Crippen molar-refractivity contribution in [3.8, 4) is 11.1 Å². The highest BCUT2D eigenvalue weighted by atomic mass is 35.5. The Hall–Kier alpha value is -2.39. The molecule has 3 nitrogen and oxygen atoms in total. The summed E-state index contributed by atoms with van der Waals surface area (Å²) >= 11 is 5.82. The molecule has 0 saturated heterocycles. The molecule has 0 bridgehead atoms. The molecule has 0 unspecified atom stereocenters. The summed E-state index contributed by atoms with van der Waals surface area (Å²) in [6.45, 7) is 2.03. The number of rotatable bonds is 2. The number of halogens is 1. The van der Waals surface area contributed by atoms with E-state index >= 15 is 0 Å². The second-order valence-corrected chi connectivity index (χ2v) is 5.22. The maximum atomic E-state index is 11.5. The number of fused-ring (bicyclic) bond motifs is 1. The number of hydrogen-bond acceptors (Lipinski definition) is 2. The number of carbonyl (C=O) groups is 1. The van der Waals surface area contributed by atoms with Gasteiger partial charge in [-0.15, -0.1) is 0 Å². The smallest absolute Gasteiger partial charge is 0.336 e. The highest BCUT2D eigenvalue weighted by Gasteiger charge is 2.15. The molecule has 104 valence electrons. The Morgan fingerprint density at radius 2 is 1.81 bits per heavy atom. The van der Waals surface area contributed by atoms with Crippen molar-refractivity contribution in [3.05, 3.63) is 64.9 Å². The number of pyridine rings is 1. The molecule has 0 fully saturated rings. The summed E-state index contributed by atoms with van der Waals surface area (Å²) in [6, 6.07) is 13.2. The zero-order valence-corrected chi connectivity index (χ0v) is 12.1. The van der Waals surface area contributed by atoms with Crippen LogP contribution in [0.4, 0.5) is 0 Å². The predicted molar refractivity (Wildman–Crippen MR) is 83.9 cm³/mol. The number of aryl methyl sites for hydroxylation is 1. The van der Waals surface area contributed by atoms with Crippen LogP contribution in [0.25, 0.3) is 21.9 Å². The van der Waals surface area contributed by atoms with Gasteiger partial charge in [0.25, 0.3) is 0 Å². The Kier molecular flexibility index (Phi) is 3.35. The lowest BCUT2D eigenvalue weighted by atomic mass is 9.94. The summed E-state index contributed by atoms with van der Waals surface area (Å²) in [6.07, 6.45) is 1.52. The molecule has 0 aliphatic heterocycles. The van der Waals surface area contributed by atoms with E-state index in [4.69, 9.17) is 11.6 Å². The lowest BCUT2D eigenvalue weighted by molar-refractivity contribution is 0.0697. The van der Waals surface area contributed by atoms with Crippen molar-refractivity contribution in [3.63, 3.8) is 0 Å². The number of hydrogen-bond donors (Lipinski definition) is 1. The molecule has 0 atom stereocenters. The van der Waals surface area contributed by atoms with E-state index in [0.29, 0.717) is 5.56 Å². The summed E-state index contributed by atoms with van der Waals surface area (Å²) in [5.74, 6) is -1.01. The number of nitrogens with zero attached hydrogens (tertiary/aromatic N) is 1. The first-order chi connectivity index (χ1) is 10.1. The van der Waals surface area contributed by atoms with E-state index in [1.54, 1.807) is 0 Å². The molecule has 0 aliphatic carbocycles. The van der Waals surface area contributed by atoms with Crippen LogP contribution >= 0.6 is 11.6 Å². The summed E-state index contributed by atoms with van der Waals surface area (Å²) in [7, 11) is 0. The van der Waals surface area contributed by atoms with E-state index in [1.807, 2.05) is 43.3 Å². The minimum Gasteiger partial charge on any atom is -0.478 e. The summed E-state index contributed by atoms with van der Waals surface area (Å²) in [5.41, 5.74) is 2.72. The quantitative estimate of drug-likeness (QED) is 0.705. The maximum Gasteiger partial charge on any atom is 0.336 e. The number of aromatic nitrogens is 1. The van der Waals surface area contributed by atoms with E-state index in [9.17, 15) is 9.90 Å². The molecular weight excluding hydrogens is 286 g/mol.